The smallest absolute Gasteiger partial charge is 0.244 e. The van der Waals surface area contributed by atoms with Crippen molar-refractivity contribution in [1.29, 1.82) is 0 Å². The van der Waals surface area contributed by atoms with E-state index in [2.05, 4.69) is 10.4 Å². The van der Waals surface area contributed by atoms with E-state index in [1.54, 1.807) is 4.68 Å². The molecular weight excluding hydrogens is 274 g/mol. The number of hydrogen-bond acceptors (Lipinski definition) is 2. The SMILES string of the molecule is Cc1nn([C@H](C)C(=O)NCc2ccccc2)c2ccccc12. The van der Waals surface area contributed by atoms with Crippen LogP contribution >= 0.6 is 0 Å². The van der Waals surface area contributed by atoms with Gasteiger partial charge in [-0.15, -0.1) is 0 Å². The molecule has 4 heteroatoms. The highest BCUT2D eigenvalue weighted by Crippen LogP contribution is 2.21. The van der Waals surface area contributed by atoms with Gasteiger partial charge in [-0.05, 0) is 25.5 Å². The van der Waals surface area contributed by atoms with E-state index in [4.69, 9.17) is 0 Å². The lowest BCUT2D eigenvalue weighted by Gasteiger charge is -2.14. The maximum atomic E-state index is 12.4. The number of benzene rings is 2. The van der Waals surface area contributed by atoms with Crippen LogP contribution in [-0.2, 0) is 11.3 Å². The summed E-state index contributed by atoms with van der Waals surface area (Å²) < 4.78 is 1.80. The molecule has 2 aromatic carbocycles. The summed E-state index contributed by atoms with van der Waals surface area (Å²) in [5.74, 6) is -0.0305. The summed E-state index contributed by atoms with van der Waals surface area (Å²) in [6.45, 7) is 4.37. The van der Waals surface area contributed by atoms with E-state index in [-0.39, 0.29) is 11.9 Å². The lowest BCUT2D eigenvalue weighted by Crippen LogP contribution is -2.31. The normalized spacial score (nSPS) is 12.3. The van der Waals surface area contributed by atoms with Crippen molar-refractivity contribution in [3.63, 3.8) is 0 Å². The lowest BCUT2D eigenvalue weighted by atomic mass is 10.2. The van der Waals surface area contributed by atoms with Crippen LogP contribution in [0, 0.1) is 6.92 Å². The molecule has 1 atom stereocenters. The summed E-state index contributed by atoms with van der Waals surface area (Å²) in [6, 6.07) is 17.5. The van der Waals surface area contributed by atoms with Crippen LogP contribution in [0.2, 0.25) is 0 Å². The average Bonchev–Trinajstić information content (AvgIpc) is 2.90. The predicted molar refractivity (Wildman–Crippen MR) is 87.5 cm³/mol. The summed E-state index contributed by atoms with van der Waals surface area (Å²) in [6.07, 6.45) is 0. The number of fused-ring (bicyclic) bond motifs is 1. The van der Waals surface area contributed by atoms with Crippen molar-refractivity contribution in [3.05, 3.63) is 65.9 Å². The fourth-order valence-corrected chi connectivity index (χ4v) is 2.59. The molecule has 0 saturated carbocycles. The molecule has 1 aromatic heterocycles. The first-order valence-electron chi connectivity index (χ1n) is 7.42. The van der Waals surface area contributed by atoms with Gasteiger partial charge in [0.1, 0.15) is 6.04 Å². The number of aryl methyl sites for hydroxylation is 1. The zero-order valence-corrected chi connectivity index (χ0v) is 12.8. The van der Waals surface area contributed by atoms with Crippen molar-refractivity contribution in [3.8, 4) is 0 Å². The fraction of sp³-hybridized carbons (Fsp3) is 0.222. The molecule has 0 saturated heterocycles. The number of amides is 1. The van der Waals surface area contributed by atoms with E-state index in [0.717, 1.165) is 22.2 Å². The lowest BCUT2D eigenvalue weighted by molar-refractivity contribution is -0.124. The highest BCUT2D eigenvalue weighted by Gasteiger charge is 2.18. The van der Waals surface area contributed by atoms with Crippen LogP contribution in [0.5, 0.6) is 0 Å². The van der Waals surface area contributed by atoms with E-state index < -0.39 is 0 Å². The molecule has 0 aliphatic rings. The fourth-order valence-electron chi connectivity index (χ4n) is 2.59. The Balaban J connectivity index is 1.77. The van der Waals surface area contributed by atoms with Gasteiger partial charge in [-0.2, -0.15) is 5.10 Å². The molecule has 0 fully saturated rings. The molecule has 1 heterocycles. The molecule has 112 valence electrons. The van der Waals surface area contributed by atoms with Gasteiger partial charge in [-0.25, -0.2) is 0 Å². The maximum absolute atomic E-state index is 12.4. The molecular formula is C18H19N3O. The number of aromatic nitrogens is 2. The summed E-state index contributed by atoms with van der Waals surface area (Å²) in [7, 11) is 0. The summed E-state index contributed by atoms with van der Waals surface area (Å²) in [5.41, 5.74) is 3.02. The zero-order chi connectivity index (χ0) is 15.5. The van der Waals surface area contributed by atoms with Crippen LogP contribution in [-0.4, -0.2) is 15.7 Å². The van der Waals surface area contributed by atoms with Crippen molar-refractivity contribution < 1.29 is 4.79 Å². The topological polar surface area (TPSA) is 46.9 Å². The molecule has 0 unspecified atom stereocenters. The standard InChI is InChI=1S/C18H19N3O/c1-13-16-10-6-7-11-17(16)21(20-13)14(2)18(22)19-12-15-8-4-3-5-9-15/h3-11,14H,12H2,1-2H3,(H,19,22)/t14-/m1/s1. The minimum Gasteiger partial charge on any atom is -0.350 e. The van der Waals surface area contributed by atoms with Crippen LogP contribution in [0.4, 0.5) is 0 Å². The van der Waals surface area contributed by atoms with Gasteiger partial charge in [-0.1, -0.05) is 48.5 Å². The van der Waals surface area contributed by atoms with Gasteiger partial charge < -0.3 is 5.32 Å². The Labute approximate surface area is 129 Å². The largest absolute Gasteiger partial charge is 0.350 e. The molecule has 0 radical (unpaired) electrons. The van der Waals surface area contributed by atoms with E-state index in [0.29, 0.717) is 6.54 Å². The molecule has 3 aromatic rings. The third-order valence-corrected chi connectivity index (χ3v) is 3.85. The summed E-state index contributed by atoms with van der Waals surface area (Å²) >= 11 is 0. The van der Waals surface area contributed by atoms with E-state index in [1.165, 1.54) is 0 Å². The molecule has 1 amide bonds. The van der Waals surface area contributed by atoms with Gasteiger partial charge >= 0.3 is 0 Å². The monoisotopic (exact) mass is 293 g/mol. The molecule has 4 nitrogen and oxygen atoms in total. The first-order chi connectivity index (χ1) is 10.7. The van der Waals surface area contributed by atoms with Crippen LogP contribution in [0.15, 0.2) is 54.6 Å². The minimum absolute atomic E-state index is 0.0305. The van der Waals surface area contributed by atoms with Crippen LogP contribution < -0.4 is 5.32 Å². The number of para-hydroxylation sites is 1. The highest BCUT2D eigenvalue weighted by molar-refractivity contribution is 5.86. The molecule has 0 aliphatic heterocycles. The third-order valence-electron chi connectivity index (χ3n) is 3.85. The number of nitrogens with zero attached hydrogens (tertiary/aromatic N) is 2. The molecule has 3 rings (SSSR count). The molecule has 0 bridgehead atoms. The van der Waals surface area contributed by atoms with Gasteiger partial charge in [-0.3, -0.25) is 9.48 Å². The van der Waals surface area contributed by atoms with Gasteiger partial charge in [0.2, 0.25) is 5.91 Å². The van der Waals surface area contributed by atoms with Crippen LogP contribution in [0.3, 0.4) is 0 Å². The second kappa shape index (κ2) is 6.02. The number of carbonyl (C=O) groups excluding carboxylic acids is 1. The number of rotatable bonds is 4. The van der Waals surface area contributed by atoms with Crippen molar-refractivity contribution >= 4 is 16.8 Å². The molecule has 0 spiro atoms. The minimum atomic E-state index is -0.345. The number of carbonyl (C=O) groups is 1. The first kappa shape index (κ1) is 14.3. The Morgan fingerprint density at radius 1 is 1.14 bits per heavy atom. The third kappa shape index (κ3) is 2.72. The van der Waals surface area contributed by atoms with Crippen molar-refractivity contribution in [1.82, 2.24) is 15.1 Å². The molecule has 22 heavy (non-hydrogen) atoms. The molecule has 1 N–H and O–H groups in total. The number of nitrogens with one attached hydrogen (secondary N) is 1. The van der Waals surface area contributed by atoms with Crippen LogP contribution in [0.25, 0.3) is 10.9 Å². The van der Waals surface area contributed by atoms with Crippen molar-refractivity contribution in [2.24, 2.45) is 0 Å². The van der Waals surface area contributed by atoms with Gasteiger partial charge in [0.05, 0.1) is 11.2 Å². The van der Waals surface area contributed by atoms with E-state index >= 15 is 0 Å². The second-order valence-corrected chi connectivity index (χ2v) is 5.43. The Hall–Kier alpha value is -2.62. The first-order valence-corrected chi connectivity index (χ1v) is 7.42. The predicted octanol–water partition coefficient (Wildman–Crippen LogP) is 3.22. The maximum Gasteiger partial charge on any atom is 0.244 e. The Bertz CT molecular complexity index is 792. The van der Waals surface area contributed by atoms with Gasteiger partial charge in [0, 0.05) is 11.9 Å². The Morgan fingerprint density at radius 2 is 1.82 bits per heavy atom. The quantitative estimate of drug-likeness (QED) is 0.803. The average molecular weight is 293 g/mol. The highest BCUT2D eigenvalue weighted by atomic mass is 16.2. The summed E-state index contributed by atoms with van der Waals surface area (Å²) in [5, 5.41) is 8.58. The van der Waals surface area contributed by atoms with E-state index in [9.17, 15) is 4.79 Å². The van der Waals surface area contributed by atoms with Crippen molar-refractivity contribution in [2.45, 2.75) is 26.4 Å². The Morgan fingerprint density at radius 3 is 2.59 bits per heavy atom. The Kier molecular flexibility index (Phi) is 3.92. The number of hydrogen-bond donors (Lipinski definition) is 1. The summed E-state index contributed by atoms with van der Waals surface area (Å²) in [4.78, 5) is 12.4. The van der Waals surface area contributed by atoms with Crippen molar-refractivity contribution in [2.75, 3.05) is 0 Å². The zero-order valence-electron chi connectivity index (χ0n) is 12.8. The van der Waals surface area contributed by atoms with E-state index in [1.807, 2.05) is 68.4 Å². The molecule has 0 aliphatic carbocycles. The second-order valence-electron chi connectivity index (χ2n) is 5.43. The van der Waals surface area contributed by atoms with Crippen LogP contribution in [0.1, 0.15) is 24.2 Å². The van der Waals surface area contributed by atoms with Gasteiger partial charge in [0.25, 0.3) is 0 Å². The van der Waals surface area contributed by atoms with Gasteiger partial charge in [0.15, 0.2) is 0 Å².